The van der Waals surface area contributed by atoms with E-state index in [0.717, 1.165) is 53.7 Å². The highest BCUT2D eigenvalue weighted by atomic mass is 16.1. The Balaban J connectivity index is 1.92. The highest BCUT2D eigenvalue weighted by Crippen LogP contribution is 2.21. The molecule has 0 radical (unpaired) electrons. The molecule has 22 heavy (non-hydrogen) atoms. The van der Waals surface area contributed by atoms with E-state index in [9.17, 15) is 4.79 Å². The van der Waals surface area contributed by atoms with E-state index in [0.29, 0.717) is 0 Å². The van der Waals surface area contributed by atoms with Crippen LogP contribution in [0.5, 0.6) is 0 Å². The highest BCUT2D eigenvalue weighted by Gasteiger charge is 2.15. The Kier molecular flexibility index (Phi) is 3.22. The molecule has 1 aliphatic carbocycles. The smallest absolute Gasteiger partial charge is 0.261 e. The lowest BCUT2D eigenvalue weighted by molar-refractivity contribution is 0.708. The number of aryl methyl sites for hydroxylation is 1. The van der Waals surface area contributed by atoms with Crippen LogP contribution < -0.4 is 5.56 Å². The zero-order valence-corrected chi connectivity index (χ0v) is 12.3. The SMILES string of the molecule is O=c1c2c(nc3cc(-c4cccnc4)ccn13)CCCCC2. The second-order valence-corrected chi connectivity index (χ2v) is 5.79. The summed E-state index contributed by atoms with van der Waals surface area (Å²) in [6.07, 6.45) is 10.6. The van der Waals surface area contributed by atoms with Gasteiger partial charge in [-0.1, -0.05) is 12.5 Å². The van der Waals surface area contributed by atoms with Gasteiger partial charge in [-0.25, -0.2) is 4.98 Å². The maximum absolute atomic E-state index is 12.7. The van der Waals surface area contributed by atoms with Crippen LogP contribution in [0, 0.1) is 0 Å². The average molecular weight is 291 g/mol. The van der Waals surface area contributed by atoms with Crippen molar-refractivity contribution in [3.8, 4) is 11.1 Å². The lowest BCUT2D eigenvalue weighted by Gasteiger charge is -2.09. The number of nitrogens with zero attached hydrogens (tertiary/aromatic N) is 3. The van der Waals surface area contributed by atoms with Gasteiger partial charge in [0.25, 0.3) is 5.56 Å². The Bertz CT molecular complexity index is 884. The summed E-state index contributed by atoms with van der Waals surface area (Å²) in [5, 5.41) is 0. The van der Waals surface area contributed by atoms with E-state index in [1.165, 1.54) is 6.42 Å². The number of aromatic nitrogens is 3. The molecular weight excluding hydrogens is 274 g/mol. The van der Waals surface area contributed by atoms with E-state index in [1.807, 2.05) is 36.7 Å². The van der Waals surface area contributed by atoms with E-state index < -0.39 is 0 Å². The van der Waals surface area contributed by atoms with Crippen LogP contribution in [0.3, 0.4) is 0 Å². The topological polar surface area (TPSA) is 47.3 Å². The van der Waals surface area contributed by atoms with E-state index in [2.05, 4.69) is 4.98 Å². The van der Waals surface area contributed by atoms with Crippen LogP contribution in [-0.4, -0.2) is 14.4 Å². The quantitative estimate of drug-likeness (QED) is 0.647. The molecule has 0 atom stereocenters. The molecule has 4 nitrogen and oxygen atoms in total. The Morgan fingerprint density at radius 2 is 1.95 bits per heavy atom. The molecule has 0 spiro atoms. The van der Waals surface area contributed by atoms with Gasteiger partial charge in [0.15, 0.2) is 0 Å². The number of hydrogen-bond donors (Lipinski definition) is 0. The van der Waals surface area contributed by atoms with Gasteiger partial charge >= 0.3 is 0 Å². The van der Waals surface area contributed by atoms with Gasteiger partial charge in [0.2, 0.25) is 0 Å². The van der Waals surface area contributed by atoms with Gasteiger partial charge < -0.3 is 0 Å². The molecule has 0 unspecified atom stereocenters. The summed E-state index contributed by atoms with van der Waals surface area (Å²) in [7, 11) is 0. The zero-order valence-electron chi connectivity index (χ0n) is 12.3. The van der Waals surface area contributed by atoms with Crippen LogP contribution in [0.4, 0.5) is 0 Å². The normalized spacial score (nSPS) is 14.5. The van der Waals surface area contributed by atoms with Crippen molar-refractivity contribution >= 4 is 5.65 Å². The summed E-state index contributed by atoms with van der Waals surface area (Å²) in [5.41, 5.74) is 4.80. The fraction of sp³-hybridized carbons (Fsp3) is 0.278. The summed E-state index contributed by atoms with van der Waals surface area (Å²) in [5.74, 6) is 0. The van der Waals surface area contributed by atoms with Crippen molar-refractivity contribution in [2.24, 2.45) is 0 Å². The largest absolute Gasteiger partial charge is 0.269 e. The van der Waals surface area contributed by atoms with Crippen LogP contribution in [-0.2, 0) is 12.8 Å². The highest BCUT2D eigenvalue weighted by molar-refractivity contribution is 5.66. The summed E-state index contributed by atoms with van der Waals surface area (Å²) in [6, 6.07) is 7.86. The van der Waals surface area contributed by atoms with E-state index in [1.54, 1.807) is 10.6 Å². The minimum absolute atomic E-state index is 0.0969. The van der Waals surface area contributed by atoms with E-state index in [-0.39, 0.29) is 5.56 Å². The predicted octanol–water partition coefficient (Wildman–Crippen LogP) is 3.03. The maximum atomic E-state index is 12.7. The van der Waals surface area contributed by atoms with Crippen molar-refractivity contribution in [3.05, 3.63) is 64.5 Å². The molecule has 0 saturated heterocycles. The van der Waals surface area contributed by atoms with Crippen LogP contribution in [0.25, 0.3) is 16.8 Å². The van der Waals surface area contributed by atoms with Gasteiger partial charge in [0.05, 0.1) is 5.69 Å². The van der Waals surface area contributed by atoms with Crippen LogP contribution in [0.15, 0.2) is 47.7 Å². The summed E-state index contributed by atoms with van der Waals surface area (Å²) in [4.78, 5) is 21.6. The molecule has 0 amide bonds. The number of hydrogen-bond acceptors (Lipinski definition) is 3. The van der Waals surface area contributed by atoms with Crippen molar-refractivity contribution in [2.75, 3.05) is 0 Å². The van der Waals surface area contributed by atoms with E-state index in [4.69, 9.17) is 4.98 Å². The molecule has 3 aromatic rings. The summed E-state index contributed by atoms with van der Waals surface area (Å²) in [6.45, 7) is 0. The number of pyridine rings is 2. The molecule has 0 bridgehead atoms. The van der Waals surface area contributed by atoms with Gasteiger partial charge in [-0.3, -0.25) is 14.2 Å². The molecular formula is C18H17N3O. The van der Waals surface area contributed by atoms with Crippen molar-refractivity contribution in [3.63, 3.8) is 0 Å². The molecule has 0 saturated carbocycles. The molecule has 3 aromatic heterocycles. The van der Waals surface area contributed by atoms with Crippen molar-refractivity contribution in [1.29, 1.82) is 0 Å². The Morgan fingerprint density at radius 3 is 2.82 bits per heavy atom. The summed E-state index contributed by atoms with van der Waals surface area (Å²) >= 11 is 0. The molecule has 1 aliphatic rings. The van der Waals surface area contributed by atoms with Crippen molar-refractivity contribution in [2.45, 2.75) is 32.1 Å². The minimum atomic E-state index is 0.0969. The third kappa shape index (κ3) is 2.21. The third-order valence-corrected chi connectivity index (χ3v) is 4.34. The molecule has 0 aromatic carbocycles. The van der Waals surface area contributed by atoms with Gasteiger partial charge in [0.1, 0.15) is 5.65 Å². The maximum Gasteiger partial charge on any atom is 0.261 e. The van der Waals surface area contributed by atoms with Crippen LogP contribution >= 0.6 is 0 Å². The Morgan fingerprint density at radius 1 is 1.05 bits per heavy atom. The molecule has 110 valence electrons. The van der Waals surface area contributed by atoms with Crippen molar-refractivity contribution < 1.29 is 0 Å². The first-order valence-electron chi connectivity index (χ1n) is 7.77. The molecule has 0 aliphatic heterocycles. The second-order valence-electron chi connectivity index (χ2n) is 5.79. The van der Waals surface area contributed by atoms with Gasteiger partial charge in [-0.05, 0) is 49.4 Å². The first-order valence-corrected chi connectivity index (χ1v) is 7.77. The van der Waals surface area contributed by atoms with Crippen LogP contribution in [0.1, 0.15) is 30.5 Å². The molecule has 4 heteroatoms. The van der Waals surface area contributed by atoms with E-state index >= 15 is 0 Å². The standard InChI is InChI=1S/C18H17N3O/c22-18-15-6-2-1-3-7-16(15)20-17-11-13(8-10-21(17)18)14-5-4-9-19-12-14/h4-5,8-12H,1-3,6-7H2. The zero-order chi connectivity index (χ0) is 14.9. The lowest BCUT2D eigenvalue weighted by atomic mass is 10.1. The molecule has 4 rings (SSSR count). The van der Waals surface area contributed by atoms with Crippen molar-refractivity contribution in [1.82, 2.24) is 14.4 Å². The first kappa shape index (κ1) is 13.2. The first-order chi connectivity index (χ1) is 10.8. The van der Waals surface area contributed by atoms with Gasteiger partial charge in [-0.2, -0.15) is 0 Å². The molecule has 0 N–H and O–H groups in total. The molecule has 3 heterocycles. The predicted molar refractivity (Wildman–Crippen MR) is 86.0 cm³/mol. The Labute approximate surface area is 128 Å². The van der Waals surface area contributed by atoms with Crippen LogP contribution in [0.2, 0.25) is 0 Å². The van der Waals surface area contributed by atoms with Gasteiger partial charge in [0, 0.05) is 29.7 Å². The second kappa shape index (κ2) is 5.37. The monoisotopic (exact) mass is 291 g/mol. The third-order valence-electron chi connectivity index (χ3n) is 4.34. The number of rotatable bonds is 1. The lowest BCUT2D eigenvalue weighted by Crippen LogP contribution is -2.22. The fourth-order valence-corrected chi connectivity index (χ4v) is 3.16. The molecule has 0 fully saturated rings. The van der Waals surface area contributed by atoms with Gasteiger partial charge in [-0.15, -0.1) is 0 Å². The minimum Gasteiger partial charge on any atom is -0.269 e. The number of fused-ring (bicyclic) bond motifs is 2. The summed E-state index contributed by atoms with van der Waals surface area (Å²) < 4.78 is 1.67. The fourth-order valence-electron chi connectivity index (χ4n) is 3.16. The average Bonchev–Trinajstić information content (AvgIpc) is 2.81. The Hall–Kier alpha value is -2.49.